The normalized spacial score (nSPS) is 12.4. The van der Waals surface area contributed by atoms with Crippen LogP contribution in [0, 0.1) is 0 Å². The highest BCUT2D eigenvalue weighted by molar-refractivity contribution is 6.00. The van der Waals surface area contributed by atoms with Crippen LogP contribution in [-0.2, 0) is 6.54 Å². The number of pyridine rings is 1. The van der Waals surface area contributed by atoms with Gasteiger partial charge in [0.15, 0.2) is 0 Å². The second kappa shape index (κ2) is 5.21. The first-order chi connectivity index (χ1) is 9.74. The molecule has 3 N–H and O–H groups in total. The van der Waals surface area contributed by atoms with Crippen molar-refractivity contribution in [3.05, 3.63) is 49.3 Å². The van der Waals surface area contributed by atoms with Crippen LogP contribution < -0.4 is 11.1 Å². The summed E-state index contributed by atoms with van der Waals surface area (Å²) in [5.41, 5.74) is 7.82. The van der Waals surface area contributed by atoms with Crippen LogP contribution in [0.2, 0.25) is 0 Å². The molecule has 0 spiro atoms. The van der Waals surface area contributed by atoms with Gasteiger partial charge < -0.3 is 15.6 Å². The summed E-state index contributed by atoms with van der Waals surface area (Å²) in [6, 6.07) is 6.14. The first-order valence-electron chi connectivity index (χ1n) is 6.58. The molecule has 1 atom stereocenters. The van der Waals surface area contributed by atoms with E-state index in [1.54, 1.807) is 12.4 Å². The van der Waals surface area contributed by atoms with E-state index in [9.17, 15) is 0 Å². The standard InChI is InChI=1S/C15H17N5/c1-11(9-20-7-6-18-10-20)19-15-3-2-14(16)12-4-5-17-8-13(12)15/h2-8,10-11,19H,9,16H2,1H3. The highest BCUT2D eigenvalue weighted by Gasteiger charge is 2.07. The Labute approximate surface area is 117 Å². The Morgan fingerprint density at radius 2 is 2.10 bits per heavy atom. The lowest BCUT2D eigenvalue weighted by molar-refractivity contribution is 0.619. The molecular formula is C15H17N5. The molecular weight excluding hydrogens is 250 g/mol. The van der Waals surface area contributed by atoms with Crippen molar-refractivity contribution in [2.24, 2.45) is 0 Å². The van der Waals surface area contributed by atoms with Gasteiger partial charge in [-0.1, -0.05) is 0 Å². The molecule has 0 amide bonds. The van der Waals surface area contributed by atoms with Crippen LogP contribution in [0.5, 0.6) is 0 Å². The summed E-state index contributed by atoms with van der Waals surface area (Å²) in [5, 5.41) is 5.58. The maximum absolute atomic E-state index is 6.00. The maximum atomic E-state index is 6.00. The number of benzene rings is 1. The van der Waals surface area contributed by atoms with Gasteiger partial charge in [-0.2, -0.15) is 0 Å². The van der Waals surface area contributed by atoms with Gasteiger partial charge in [0.25, 0.3) is 0 Å². The van der Waals surface area contributed by atoms with Crippen LogP contribution in [0.15, 0.2) is 49.3 Å². The van der Waals surface area contributed by atoms with E-state index in [0.717, 1.165) is 28.7 Å². The van der Waals surface area contributed by atoms with E-state index in [0.29, 0.717) is 0 Å². The van der Waals surface area contributed by atoms with Crippen molar-refractivity contribution in [1.82, 2.24) is 14.5 Å². The second-order valence-electron chi connectivity index (χ2n) is 4.93. The van der Waals surface area contributed by atoms with E-state index < -0.39 is 0 Å². The van der Waals surface area contributed by atoms with Crippen LogP contribution in [0.1, 0.15) is 6.92 Å². The molecule has 0 radical (unpaired) electrons. The van der Waals surface area contributed by atoms with Gasteiger partial charge in [-0.05, 0) is 25.1 Å². The molecule has 0 saturated carbocycles. The lowest BCUT2D eigenvalue weighted by Crippen LogP contribution is -2.21. The third-order valence-electron chi connectivity index (χ3n) is 3.30. The zero-order valence-electron chi connectivity index (χ0n) is 11.3. The fourth-order valence-electron chi connectivity index (χ4n) is 2.36. The number of nitrogens with two attached hydrogens (primary N) is 1. The van der Waals surface area contributed by atoms with Crippen LogP contribution in [0.25, 0.3) is 10.8 Å². The zero-order chi connectivity index (χ0) is 13.9. The summed E-state index contributed by atoms with van der Waals surface area (Å²) >= 11 is 0. The number of hydrogen-bond donors (Lipinski definition) is 2. The van der Waals surface area contributed by atoms with E-state index >= 15 is 0 Å². The predicted molar refractivity (Wildman–Crippen MR) is 81.5 cm³/mol. The first kappa shape index (κ1) is 12.5. The van der Waals surface area contributed by atoms with Gasteiger partial charge in [-0.15, -0.1) is 0 Å². The van der Waals surface area contributed by atoms with Crippen LogP contribution >= 0.6 is 0 Å². The number of aromatic nitrogens is 3. The van der Waals surface area contributed by atoms with Crippen LogP contribution in [0.3, 0.4) is 0 Å². The smallest absolute Gasteiger partial charge is 0.0946 e. The molecule has 0 aliphatic heterocycles. The van der Waals surface area contributed by atoms with Crippen molar-refractivity contribution in [3.8, 4) is 0 Å². The first-order valence-corrected chi connectivity index (χ1v) is 6.58. The molecule has 20 heavy (non-hydrogen) atoms. The molecule has 2 aromatic heterocycles. The fraction of sp³-hybridized carbons (Fsp3) is 0.200. The van der Waals surface area contributed by atoms with Gasteiger partial charge in [0, 0.05) is 59.5 Å². The van der Waals surface area contributed by atoms with Crippen molar-refractivity contribution in [2.75, 3.05) is 11.1 Å². The summed E-state index contributed by atoms with van der Waals surface area (Å²) in [5.74, 6) is 0. The summed E-state index contributed by atoms with van der Waals surface area (Å²) in [7, 11) is 0. The summed E-state index contributed by atoms with van der Waals surface area (Å²) in [6.45, 7) is 2.99. The number of fused-ring (bicyclic) bond motifs is 1. The number of nitrogens with zero attached hydrogens (tertiary/aromatic N) is 3. The van der Waals surface area contributed by atoms with Crippen LogP contribution in [-0.4, -0.2) is 20.6 Å². The Morgan fingerprint density at radius 1 is 1.20 bits per heavy atom. The molecule has 1 aromatic carbocycles. The topological polar surface area (TPSA) is 68.8 Å². The molecule has 0 saturated heterocycles. The third-order valence-corrected chi connectivity index (χ3v) is 3.30. The highest BCUT2D eigenvalue weighted by atomic mass is 15.1. The zero-order valence-corrected chi connectivity index (χ0v) is 11.3. The summed E-state index contributed by atoms with van der Waals surface area (Å²) in [4.78, 5) is 8.24. The van der Waals surface area contributed by atoms with E-state index in [2.05, 4.69) is 26.8 Å². The molecule has 3 rings (SSSR count). The van der Waals surface area contributed by atoms with Crippen molar-refractivity contribution in [1.29, 1.82) is 0 Å². The van der Waals surface area contributed by atoms with Crippen LogP contribution in [0.4, 0.5) is 11.4 Å². The predicted octanol–water partition coefficient (Wildman–Crippen LogP) is 2.51. The minimum Gasteiger partial charge on any atom is -0.398 e. The van der Waals surface area contributed by atoms with E-state index in [1.807, 2.05) is 36.9 Å². The molecule has 102 valence electrons. The minimum absolute atomic E-state index is 0.274. The molecule has 2 heterocycles. The number of imidazole rings is 1. The Kier molecular flexibility index (Phi) is 3.25. The monoisotopic (exact) mass is 267 g/mol. The van der Waals surface area contributed by atoms with E-state index in [1.165, 1.54) is 0 Å². The molecule has 0 bridgehead atoms. The maximum Gasteiger partial charge on any atom is 0.0946 e. The van der Waals surface area contributed by atoms with E-state index in [4.69, 9.17) is 5.73 Å². The molecule has 0 fully saturated rings. The Morgan fingerprint density at radius 3 is 2.90 bits per heavy atom. The van der Waals surface area contributed by atoms with Gasteiger partial charge in [0.1, 0.15) is 0 Å². The fourth-order valence-corrected chi connectivity index (χ4v) is 2.36. The highest BCUT2D eigenvalue weighted by Crippen LogP contribution is 2.27. The second-order valence-corrected chi connectivity index (χ2v) is 4.93. The lowest BCUT2D eigenvalue weighted by Gasteiger charge is -2.17. The number of anilines is 2. The third kappa shape index (κ3) is 2.42. The molecule has 5 heteroatoms. The average molecular weight is 267 g/mol. The average Bonchev–Trinajstić information content (AvgIpc) is 2.95. The number of rotatable bonds is 4. The van der Waals surface area contributed by atoms with Gasteiger partial charge in [-0.25, -0.2) is 4.98 Å². The SMILES string of the molecule is CC(Cn1ccnc1)Nc1ccc(N)c2ccncc12. The number of nitrogen functional groups attached to an aromatic ring is 1. The van der Waals surface area contributed by atoms with Crippen molar-refractivity contribution >= 4 is 22.1 Å². The molecule has 0 aliphatic carbocycles. The Bertz CT molecular complexity index is 705. The molecule has 1 unspecified atom stereocenters. The number of nitrogens with one attached hydrogen (secondary N) is 1. The van der Waals surface area contributed by atoms with Crippen molar-refractivity contribution < 1.29 is 0 Å². The van der Waals surface area contributed by atoms with Gasteiger partial charge in [0.2, 0.25) is 0 Å². The van der Waals surface area contributed by atoms with Crippen molar-refractivity contribution in [2.45, 2.75) is 19.5 Å². The summed E-state index contributed by atoms with van der Waals surface area (Å²) in [6.07, 6.45) is 9.17. The van der Waals surface area contributed by atoms with Gasteiger partial charge >= 0.3 is 0 Å². The molecule has 5 nitrogen and oxygen atoms in total. The Hall–Kier alpha value is -2.56. The van der Waals surface area contributed by atoms with Crippen molar-refractivity contribution in [3.63, 3.8) is 0 Å². The molecule has 0 aliphatic rings. The number of hydrogen-bond acceptors (Lipinski definition) is 4. The summed E-state index contributed by atoms with van der Waals surface area (Å²) < 4.78 is 2.05. The minimum atomic E-state index is 0.274. The van der Waals surface area contributed by atoms with Gasteiger partial charge in [0.05, 0.1) is 6.33 Å². The molecule has 3 aromatic rings. The Balaban J connectivity index is 1.85. The quantitative estimate of drug-likeness (QED) is 0.713. The van der Waals surface area contributed by atoms with Gasteiger partial charge in [-0.3, -0.25) is 4.98 Å². The largest absolute Gasteiger partial charge is 0.398 e. The lowest BCUT2D eigenvalue weighted by atomic mass is 10.1. The van der Waals surface area contributed by atoms with E-state index in [-0.39, 0.29) is 6.04 Å².